The van der Waals surface area contributed by atoms with E-state index < -0.39 is 17.5 Å². The van der Waals surface area contributed by atoms with Gasteiger partial charge in [0, 0.05) is 0 Å². The van der Waals surface area contributed by atoms with Crippen LogP contribution >= 0.6 is 0 Å². The molecule has 1 atom stereocenters. The summed E-state index contributed by atoms with van der Waals surface area (Å²) in [6, 6.07) is -0.524. The molecule has 0 aromatic carbocycles. The van der Waals surface area contributed by atoms with Gasteiger partial charge < -0.3 is 10.1 Å². The first kappa shape index (κ1) is 15.5. The summed E-state index contributed by atoms with van der Waals surface area (Å²) in [4.78, 5) is 36.4. The molecule has 1 unspecified atom stereocenters. The van der Waals surface area contributed by atoms with Crippen molar-refractivity contribution in [2.45, 2.75) is 58.6 Å². The van der Waals surface area contributed by atoms with Crippen molar-refractivity contribution in [3.05, 3.63) is 0 Å². The first-order chi connectivity index (χ1) is 8.80. The summed E-state index contributed by atoms with van der Waals surface area (Å²) >= 11 is 0. The fourth-order valence-corrected chi connectivity index (χ4v) is 2.02. The molecule has 0 aliphatic carbocycles. The molecule has 0 aromatic heterocycles. The van der Waals surface area contributed by atoms with Crippen LogP contribution in [0.2, 0.25) is 0 Å². The molecule has 108 valence electrons. The van der Waals surface area contributed by atoms with Crippen LogP contribution in [-0.4, -0.2) is 41.0 Å². The lowest BCUT2D eigenvalue weighted by molar-refractivity contribution is -0.150. The standard InChI is InChI=1S/C13H22N2O4/c1-5-6-7-13(4)11(17)15(12(18)14-13)8-10(16)19-9(2)3/h9H,5-8H2,1-4H3,(H,14,18). The van der Waals surface area contributed by atoms with Crippen molar-refractivity contribution in [1.29, 1.82) is 0 Å². The summed E-state index contributed by atoms with van der Waals surface area (Å²) in [6.45, 7) is 6.81. The zero-order valence-corrected chi connectivity index (χ0v) is 12.0. The molecule has 0 saturated carbocycles. The lowest BCUT2D eigenvalue weighted by Gasteiger charge is -2.21. The SMILES string of the molecule is CCCCC1(C)NC(=O)N(CC(=O)OC(C)C)C1=O. The number of unbranched alkanes of at least 4 members (excludes halogenated alkanes) is 1. The Bertz CT molecular complexity index is 381. The number of urea groups is 1. The maximum Gasteiger partial charge on any atom is 0.326 e. The van der Waals surface area contributed by atoms with Crippen LogP contribution in [0.25, 0.3) is 0 Å². The summed E-state index contributed by atoms with van der Waals surface area (Å²) in [7, 11) is 0. The molecule has 3 amide bonds. The van der Waals surface area contributed by atoms with Crippen LogP contribution in [0.5, 0.6) is 0 Å². The van der Waals surface area contributed by atoms with E-state index in [9.17, 15) is 14.4 Å². The zero-order valence-electron chi connectivity index (χ0n) is 12.0. The van der Waals surface area contributed by atoms with Crippen LogP contribution in [0.3, 0.4) is 0 Å². The number of amides is 3. The molecule has 1 N–H and O–H groups in total. The van der Waals surface area contributed by atoms with Gasteiger partial charge in [0.15, 0.2) is 0 Å². The van der Waals surface area contributed by atoms with Crippen LogP contribution in [0, 0.1) is 0 Å². The number of nitrogens with zero attached hydrogens (tertiary/aromatic N) is 1. The van der Waals surface area contributed by atoms with Crippen molar-refractivity contribution in [1.82, 2.24) is 10.2 Å². The molecule has 0 aromatic rings. The first-order valence-corrected chi connectivity index (χ1v) is 6.63. The highest BCUT2D eigenvalue weighted by molar-refractivity contribution is 6.08. The van der Waals surface area contributed by atoms with Crippen molar-refractivity contribution in [2.75, 3.05) is 6.54 Å². The van der Waals surface area contributed by atoms with E-state index in [-0.39, 0.29) is 18.6 Å². The normalized spacial score (nSPS) is 22.9. The highest BCUT2D eigenvalue weighted by Crippen LogP contribution is 2.23. The smallest absolute Gasteiger partial charge is 0.326 e. The van der Waals surface area contributed by atoms with E-state index in [1.54, 1.807) is 20.8 Å². The number of rotatable bonds is 6. The Morgan fingerprint density at radius 1 is 1.42 bits per heavy atom. The maximum atomic E-state index is 12.2. The largest absolute Gasteiger partial charge is 0.462 e. The van der Waals surface area contributed by atoms with Crippen LogP contribution < -0.4 is 5.32 Å². The first-order valence-electron chi connectivity index (χ1n) is 6.63. The predicted molar refractivity (Wildman–Crippen MR) is 69.4 cm³/mol. The molecule has 1 rings (SSSR count). The Kier molecular flexibility index (Phi) is 4.91. The molecule has 1 saturated heterocycles. The number of hydrogen-bond donors (Lipinski definition) is 1. The number of nitrogens with one attached hydrogen (secondary N) is 1. The van der Waals surface area contributed by atoms with Gasteiger partial charge >= 0.3 is 12.0 Å². The average molecular weight is 270 g/mol. The van der Waals surface area contributed by atoms with E-state index in [0.717, 1.165) is 17.7 Å². The second kappa shape index (κ2) is 6.04. The molecule has 0 bridgehead atoms. The molecule has 1 heterocycles. The second-order valence-electron chi connectivity index (χ2n) is 5.30. The minimum Gasteiger partial charge on any atom is -0.462 e. The Morgan fingerprint density at radius 3 is 2.58 bits per heavy atom. The molecule has 6 heteroatoms. The average Bonchev–Trinajstić information content (AvgIpc) is 2.50. The third kappa shape index (κ3) is 3.68. The van der Waals surface area contributed by atoms with Gasteiger partial charge in [-0.3, -0.25) is 14.5 Å². The van der Waals surface area contributed by atoms with Crippen LogP contribution in [0.4, 0.5) is 4.79 Å². The van der Waals surface area contributed by atoms with Crippen molar-refractivity contribution >= 4 is 17.9 Å². The molecular formula is C13H22N2O4. The van der Waals surface area contributed by atoms with Crippen molar-refractivity contribution in [3.63, 3.8) is 0 Å². The monoisotopic (exact) mass is 270 g/mol. The summed E-state index contributed by atoms with van der Waals surface area (Å²) in [5, 5.41) is 2.65. The van der Waals surface area contributed by atoms with Gasteiger partial charge in [0.05, 0.1) is 6.10 Å². The van der Waals surface area contributed by atoms with Gasteiger partial charge in [-0.25, -0.2) is 4.79 Å². The molecule has 1 aliphatic rings. The van der Waals surface area contributed by atoms with Crippen molar-refractivity contribution in [3.8, 4) is 0 Å². The van der Waals surface area contributed by atoms with Crippen LogP contribution in [-0.2, 0) is 14.3 Å². The van der Waals surface area contributed by atoms with Gasteiger partial charge in [0.2, 0.25) is 0 Å². The van der Waals surface area contributed by atoms with Gasteiger partial charge in [-0.15, -0.1) is 0 Å². The maximum absolute atomic E-state index is 12.2. The van der Waals surface area contributed by atoms with E-state index in [0.29, 0.717) is 6.42 Å². The van der Waals surface area contributed by atoms with Crippen LogP contribution in [0.1, 0.15) is 47.0 Å². The number of carbonyl (C=O) groups is 3. The lowest BCUT2D eigenvalue weighted by Crippen LogP contribution is -2.44. The quantitative estimate of drug-likeness (QED) is 0.585. The summed E-state index contributed by atoms with van der Waals surface area (Å²) in [5.41, 5.74) is -0.898. The molecule has 1 aliphatic heterocycles. The molecular weight excluding hydrogens is 248 g/mol. The van der Waals surface area contributed by atoms with Gasteiger partial charge in [-0.05, 0) is 27.2 Å². The fourth-order valence-electron chi connectivity index (χ4n) is 2.02. The van der Waals surface area contributed by atoms with E-state index in [1.807, 2.05) is 6.92 Å². The summed E-state index contributed by atoms with van der Waals surface area (Å²) in [5.74, 6) is -0.926. The number of hydrogen-bond acceptors (Lipinski definition) is 4. The minimum atomic E-state index is -0.898. The number of esters is 1. The van der Waals surface area contributed by atoms with Gasteiger partial charge in [0.25, 0.3) is 5.91 Å². The third-order valence-corrected chi connectivity index (χ3v) is 3.03. The minimum absolute atomic E-state index is 0.264. The van der Waals surface area contributed by atoms with Crippen LogP contribution in [0.15, 0.2) is 0 Å². The summed E-state index contributed by atoms with van der Waals surface area (Å²) < 4.78 is 4.95. The highest BCUT2D eigenvalue weighted by Gasteiger charge is 2.47. The Balaban J connectivity index is 2.68. The van der Waals surface area contributed by atoms with Crippen molar-refractivity contribution < 1.29 is 19.1 Å². The highest BCUT2D eigenvalue weighted by atomic mass is 16.5. The van der Waals surface area contributed by atoms with Crippen molar-refractivity contribution in [2.24, 2.45) is 0 Å². The fraction of sp³-hybridized carbons (Fsp3) is 0.769. The number of carbonyl (C=O) groups excluding carboxylic acids is 3. The van der Waals surface area contributed by atoms with Gasteiger partial charge in [0.1, 0.15) is 12.1 Å². The third-order valence-electron chi connectivity index (χ3n) is 3.03. The van der Waals surface area contributed by atoms with Gasteiger partial charge in [-0.2, -0.15) is 0 Å². The molecule has 6 nitrogen and oxygen atoms in total. The zero-order chi connectivity index (χ0) is 14.6. The summed E-state index contributed by atoms with van der Waals surface area (Å²) in [6.07, 6.45) is 2.09. The van der Waals surface area contributed by atoms with E-state index in [4.69, 9.17) is 4.74 Å². The van der Waals surface area contributed by atoms with E-state index in [2.05, 4.69) is 5.32 Å². The predicted octanol–water partition coefficient (Wildman–Crippen LogP) is 1.44. The molecule has 0 spiro atoms. The van der Waals surface area contributed by atoms with E-state index in [1.165, 1.54) is 0 Å². The number of imide groups is 1. The Labute approximate surface area is 113 Å². The number of ether oxygens (including phenoxy) is 1. The Hall–Kier alpha value is -1.59. The molecule has 1 fully saturated rings. The topological polar surface area (TPSA) is 75.7 Å². The molecule has 0 radical (unpaired) electrons. The Morgan fingerprint density at radius 2 is 2.05 bits per heavy atom. The molecule has 19 heavy (non-hydrogen) atoms. The second-order valence-corrected chi connectivity index (χ2v) is 5.30. The van der Waals surface area contributed by atoms with Gasteiger partial charge in [-0.1, -0.05) is 19.8 Å². The van der Waals surface area contributed by atoms with E-state index >= 15 is 0 Å². The lowest BCUT2D eigenvalue weighted by atomic mass is 9.95.